The second-order valence-electron chi connectivity index (χ2n) is 5.73. The Hall–Kier alpha value is -3.29. The molecule has 0 spiro atoms. The Morgan fingerprint density at radius 1 is 1.28 bits per heavy atom. The van der Waals surface area contributed by atoms with E-state index < -0.39 is 0 Å². The van der Waals surface area contributed by atoms with Gasteiger partial charge in [-0.15, -0.1) is 5.10 Å². The largest absolute Gasteiger partial charge is 0.337 e. The number of benzene rings is 1. The molecule has 25 heavy (non-hydrogen) atoms. The molecule has 3 aromatic rings. The fraction of sp³-hybridized carbons (Fsp3) is 0.235. The van der Waals surface area contributed by atoms with E-state index >= 15 is 0 Å². The number of carbonyl (C=O) groups is 1. The Morgan fingerprint density at radius 2 is 2.12 bits per heavy atom. The Bertz CT molecular complexity index is 805. The number of amides is 2. The second-order valence-corrected chi connectivity index (χ2v) is 5.73. The summed E-state index contributed by atoms with van der Waals surface area (Å²) in [5.74, 6) is 0.427. The number of carbonyl (C=O) groups excluding carboxylic acids is 1. The van der Waals surface area contributed by atoms with Gasteiger partial charge >= 0.3 is 6.03 Å². The van der Waals surface area contributed by atoms with Crippen molar-refractivity contribution in [2.45, 2.75) is 13.5 Å². The molecule has 1 aromatic carbocycles. The predicted octanol–water partition coefficient (Wildman–Crippen LogP) is 2.19. The average Bonchev–Trinajstić information content (AvgIpc) is 3.14. The van der Waals surface area contributed by atoms with Gasteiger partial charge in [0, 0.05) is 31.0 Å². The Morgan fingerprint density at radius 3 is 2.88 bits per heavy atom. The van der Waals surface area contributed by atoms with Crippen molar-refractivity contribution in [2.75, 3.05) is 11.9 Å². The summed E-state index contributed by atoms with van der Waals surface area (Å²) in [5.41, 5.74) is 1.56. The van der Waals surface area contributed by atoms with Crippen LogP contribution in [0.15, 0.2) is 55.2 Å². The molecule has 0 saturated heterocycles. The van der Waals surface area contributed by atoms with E-state index in [0.717, 1.165) is 12.1 Å². The van der Waals surface area contributed by atoms with Crippen LogP contribution in [0.2, 0.25) is 0 Å². The molecule has 0 fully saturated rings. The summed E-state index contributed by atoms with van der Waals surface area (Å²) in [4.78, 5) is 20.3. The van der Waals surface area contributed by atoms with Gasteiger partial charge in [-0.2, -0.15) is 5.10 Å². The average molecular weight is 337 g/mol. The maximum Gasteiger partial charge on any atom is 0.321 e. The van der Waals surface area contributed by atoms with Gasteiger partial charge in [-0.05, 0) is 5.92 Å². The Balaban J connectivity index is 1.52. The first-order chi connectivity index (χ1) is 12.2. The summed E-state index contributed by atoms with van der Waals surface area (Å²) in [6.07, 6.45) is 6.94. The van der Waals surface area contributed by atoms with Crippen LogP contribution in [0.5, 0.6) is 0 Å². The molecule has 0 aliphatic rings. The molecule has 0 aliphatic carbocycles. The third-order valence-corrected chi connectivity index (χ3v) is 3.55. The van der Waals surface area contributed by atoms with Crippen molar-refractivity contribution >= 4 is 12.0 Å². The minimum atomic E-state index is -0.357. The third-order valence-electron chi connectivity index (χ3n) is 3.55. The molecule has 0 aliphatic heterocycles. The monoisotopic (exact) mass is 337 g/mol. The number of rotatable bonds is 6. The van der Waals surface area contributed by atoms with Crippen molar-refractivity contribution in [3.63, 3.8) is 0 Å². The van der Waals surface area contributed by atoms with E-state index in [1.54, 1.807) is 18.7 Å². The van der Waals surface area contributed by atoms with E-state index in [1.165, 1.54) is 0 Å². The van der Waals surface area contributed by atoms with E-state index in [0.29, 0.717) is 12.2 Å². The number of hydrogen-bond donors (Lipinski definition) is 2. The van der Waals surface area contributed by atoms with Crippen molar-refractivity contribution in [3.05, 3.63) is 55.2 Å². The van der Waals surface area contributed by atoms with Crippen LogP contribution in [0.3, 0.4) is 0 Å². The molecule has 8 heteroatoms. The van der Waals surface area contributed by atoms with Gasteiger partial charge in [0.05, 0.1) is 18.2 Å². The topological polar surface area (TPSA) is 97.6 Å². The van der Waals surface area contributed by atoms with E-state index in [2.05, 4.69) is 30.8 Å². The number of aromatic nitrogens is 5. The van der Waals surface area contributed by atoms with Crippen LogP contribution in [-0.2, 0) is 6.54 Å². The highest BCUT2D eigenvalue weighted by molar-refractivity contribution is 5.87. The Kier molecular flexibility index (Phi) is 5.30. The fourth-order valence-electron chi connectivity index (χ4n) is 2.34. The molecule has 1 atom stereocenters. The van der Waals surface area contributed by atoms with Gasteiger partial charge in [-0.25, -0.2) is 14.8 Å². The van der Waals surface area contributed by atoms with Crippen LogP contribution in [0.4, 0.5) is 10.7 Å². The van der Waals surface area contributed by atoms with Gasteiger partial charge in [0.1, 0.15) is 0 Å². The SMILES string of the molecule is C[C@H](CNC(=O)Nc1nncc(-c2ccccc2)n1)Cn1ccnc1. The van der Waals surface area contributed by atoms with Crippen molar-refractivity contribution in [1.82, 2.24) is 30.0 Å². The zero-order chi connectivity index (χ0) is 17.5. The highest BCUT2D eigenvalue weighted by atomic mass is 16.2. The molecule has 0 unspecified atom stereocenters. The highest BCUT2D eigenvalue weighted by Gasteiger charge is 2.09. The van der Waals surface area contributed by atoms with Gasteiger partial charge in [0.25, 0.3) is 5.95 Å². The first-order valence-electron chi connectivity index (χ1n) is 7.96. The van der Waals surface area contributed by atoms with Crippen LogP contribution in [0, 0.1) is 5.92 Å². The molecule has 8 nitrogen and oxygen atoms in total. The molecular weight excluding hydrogens is 318 g/mol. The van der Waals surface area contributed by atoms with Crippen molar-refractivity contribution in [1.29, 1.82) is 0 Å². The van der Waals surface area contributed by atoms with Gasteiger partial charge in [0.2, 0.25) is 0 Å². The zero-order valence-electron chi connectivity index (χ0n) is 13.8. The zero-order valence-corrected chi connectivity index (χ0v) is 13.8. The smallest absolute Gasteiger partial charge is 0.321 e. The van der Waals surface area contributed by atoms with Crippen molar-refractivity contribution in [2.24, 2.45) is 5.92 Å². The van der Waals surface area contributed by atoms with Crippen molar-refractivity contribution in [3.8, 4) is 11.3 Å². The van der Waals surface area contributed by atoms with Crippen LogP contribution in [0.25, 0.3) is 11.3 Å². The molecule has 2 heterocycles. The lowest BCUT2D eigenvalue weighted by molar-refractivity contribution is 0.249. The lowest BCUT2D eigenvalue weighted by Gasteiger charge is -2.13. The standard InChI is InChI=1S/C17H19N7O/c1-13(11-24-8-7-18-12-24)9-19-17(25)22-16-21-15(10-20-23-16)14-5-3-2-4-6-14/h2-8,10,12-13H,9,11H2,1H3,(H2,19,21,22,23,25)/t13-/m1/s1. The molecular formula is C17H19N7O. The summed E-state index contributed by atoms with van der Waals surface area (Å²) >= 11 is 0. The summed E-state index contributed by atoms with van der Waals surface area (Å²) in [5, 5.41) is 13.2. The lowest BCUT2D eigenvalue weighted by atomic mass is 10.2. The van der Waals surface area contributed by atoms with E-state index in [-0.39, 0.29) is 17.9 Å². The molecule has 0 bridgehead atoms. The van der Waals surface area contributed by atoms with Gasteiger partial charge < -0.3 is 9.88 Å². The van der Waals surface area contributed by atoms with Gasteiger partial charge in [0.15, 0.2) is 0 Å². The number of imidazole rings is 1. The van der Waals surface area contributed by atoms with Crippen LogP contribution in [0.1, 0.15) is 6.92 Å². The summed E-state index contributed by atoms with van der Waals surface area (Å²) in [6.45, 7) is 3.35. The molecule has 3 rings (SSSR count). The minimum Gasteiger partial charge on any atom is -0.337 e. The normalized spacial score (nSPS) is 11.7. The van der Waals surface area contributed by atoms with Crippen LogP contribution >= 0.6 is 0 Å². The first kappa shape index (κ1) is 16.6. The quantitative estimate of drug-likeness (QED) is 0.718. The first-order valence-corrected chi connectivity index (χ1v) is 7.96. The number of anilines is 1. The molecule has 0 radical (unpaired) electrons. The fourth-order valence-corrected chi connectivity index (χ4v) is 2.34. The maximum absolute atomic E-state index is 12.0. The highest BCUT2D eigenvalue weighted by Crippen LogP contribution is 2.15. The van der Waals surface area contributed by atoms with Gasteiger partial charge in [-0.3, -0.25) is 5.32 Å². The van der Waals surface area contributed by atoms with Crippen LogP contribution < -0.4 is 10.6 Å². The number of hydrogen-bond acceptors (Lipinski definition) is 5. The maximum atomic E-state index is 12.0. The van der Waals surface area contributed by atoms with Crippen LogP contribution in [-0.4, -0.2) is 37.3 Å². The summed E-state index contributed by atoms with van der Waals surface area (Å²) in [7, 11) is 0. The molecule has 2 N–H and O–H groups in total. The summed E-state index contributed by atoms with van der Waals surface area (Å²) < 4.78 is 1.97. The Labute approximate surface area is 145 Å². The predicted molar refractivity (Wildman–Crippen MR) is 93.7 cm³/mol. The number of nitrogens with one attached hydrogen (secondary N) is 2. The lowest BCUT2D eigenvalue weighted by Crippen LogP contribution is -2.34. The molecule has 2 aromatic heterocycles. The van der Waals surface area contributed by atoms with E-state index in [1.807, 2.05) is 48.0 Å². The van der Waals surface area contributed by atoms with E-state index in [4.69, 9.17) is 0 Å². The van der Waals surface area contributed by atoms with E-state index in [9.17, 15) is 4.79 Å². The number of nitrogens with zero attached hydrogens (tertiary/aromatic N) is 5. The minimum absolute atomic E-state index is 0.168. The van der Waals surface area contributed by atoms with Gasteiger partial charge in [-0.1, -0.05) is 37.3 Å². The third kappa shape index (κ3) is 4.84. The molecule has 0 saturated carbocycles. The second kappa shape index (κ2) is 8.00. The molecule has 128 valence electrons. The number of urea groups is 1. The summed E-state index contributed by atoms with van der Waals surface area (Å²) in [6, 6.07) is 9.25. The molecule has 2 amide bonds. The van der Waals surface area contributed by atoms with Crippen molar-refractivity contribution < 1.29 is 4.79 Å².